The Morgan fingerprint density at radius 1 is 1.36 bits per heavy atom. The van der Waals surface area contributed by atoms with Crippen LogP contribution in [-0.2, 0) is 4.74 Å². The van der Waals surface area contributed by atoms with Crippen LogP contribution in [0.25, 0.3) is 0 Å². The highest BCUT2D eigenvalue weighted by Crippen LogP contribution is 2.25. The van der Waals surface area contributed by atoms with Crippen LogP contribution in [0, 0.1) is 5.41 Å². The summed E-state index contributed by atoms with van der Waals surface area (Å²) in [6.45, 7) is 10.0. The summed E-state index contributed by atoms with van der Waals surface area (Å²) in [7, 11) is 2.14. The third-order valence-corrected chi connectivity index (χ3v) is 2.95. The first-order valence-electron chi connectivity index (χ1n) is 5.83. The third kappa shape index (κ3) is 3.97. The number of likely N-dealkylation sites (N-methyl/N-ethyl adjacent to an activating group) is 1. The largest absolute Gasteiger partial charge is 0.375 e. The summed E-state index contributed by atoms with van der Waals surface area (Å²) in [6.07, 6.45) is 4.39. The Labute approximate surface area is 88.6 Å². The van der Waals surface area contributed by atoms with Crippen molar-refractivity contribution in [3.8, 4) is 0 Å². The average Bonchev–Trinajstić information content (AvgIpc) is 2.07. The highest BCUT2D eigenvalue weighted by Gasteiger charge is 2.26. The molecule has 0 bridgehead atoms. The van der Waals surface area contributed by atoms with E-state index in [0.717, 1.165) is 19.7 Å². The average molecular weight is 199 g/mol. The Bertz CT molecular complexity index is 162. The van der Waals surface area contributed by atoms with E-state index in [1.54, 1.807) is 0 Å². The molecule has 0 atom stereocenters. The first-order valence-corrected chi connectivity index (χ1v) is 5.83. The van der Waals surface area contributed by atoms with Crippen molar-refractivity contribution in [3.63, 3.8) is 0 Å². The smallest absolute Gasteiger partial charge is 0.0828 e. The van der Waals surface area contributed by atoms with Gasteiger partial charge >= 0.3 is 0 Å². The molecule has 14 heavy (non-hydrogen) atoms. The van der Waals surface area contributed by atoms with Crippen LogP contribution < -0.4 is 0 Å². The van der Waals surface area contributed by atoms with Gasteiger partial charge in [-0.05, 0) is 18.9 Å². The highest BCUT2D eigenvalue weighted by molar-refractivity contribution is 4.78. The summed E-state index contributed by atoms with van der Waals surface area (Å²) in [5.74, 6) is 0. The fourth-order valence-corrected chi connectivity index (χ4v) is 1.82. The molecule has 1 aliphatic heterocycles. The van der Waals surface area contributed by atoms with E-state index < -0.39 is 0 Å². The molecule has 0 unspecified atom stereocenters. The number of hydrogen-bond donors (Lipinski definition) is 0. The predicted octanol–water partition coefficient (Wildman–Crippen LogP) is 2.53. The molecule has 0 spiro atoms. The zero-order chi connectivity index (χ0) is 10.6. The zero-order valence-electron chi connectivity index (χ0n) is 10.2. The minimum atomic E-state index is 0.365. The number of rotatable bonds is 6. The standard InChI is InChI=1S/C12H25NO/c1-5-6-7-12(2,3)10-14-11-8-13(4)9-11/h11H,5-10H2,1-4H3. The van der Waals surface area contributed by atoms with Crippen LogP contribution in [0.1, 0.15) is 40.0 Å². The lowest BCUT2D eigenvalue weighted by molar-refractivity contribution is -0.0713. The van der Waals surface area contributed by atoms with Gasteiger partial charge in [0.2, 0.25) is 0 Å². The van der Waals surface area contributed by atoms with E-state index in [-0.39, 0.29) is 0 Å². The van der Waals surface area contributed by atoms with Crippen molar-refractivity contribution in [1.29, 1.82) is 0 Å². The van der Waals surface area contributed by atoms with E-state index in [1.165, 1.54) is 19.3 Å². The minimum Gasteiger partial charge on any atom is -0.375 e. The summed E-state index contributed by atoms with van der Waals surface area (Å²) in [5, 5.41) is 0. The number of ether oxygens (including phenoxy) is 1. The Balaban J connectivity index is 2.09. The SMILES string of the molecule is CCCCC(C)(C)COC1CN(C)C1. The van der Waals surface area contributed by atoms with E-state index in [2.05, 4.69) is 32.7 Å². The van der Waals surface area contributed by atoms with Crippen LogP contribution in [0.3, 0.4) is 0 Å². The molecular formula is C12H25NO. The molecular weight excluding hydrogens is 174 g/mol. The number of likely N-dealkylation sites (tertiary alicyclic amines) is 1. The topological polar surface area (TPSA) is 12.5 Å². The molecule has 0 aromatic carbocycles. The van der Waals surface area contributed by atoms with E-state index in [4.69, 9.17) is 4.74 Å². The van der Waals surface area contributed by atoms with Crippen LogP contribution in [0.2, 0.25) is 0 Å². The van der Waals surface area contributed by atoms with Gasteiger partial charge in [0.05, 0.1) is 12.7 Å². The van der Waals surface area contributed by atoms with Crippen molar-refractivity contribution in [2.75, 3.05) is 26.7 Å². The second-order valence-electron chi connectivity index (χ2n) is 5.42. The molecule has 0 aliphatic carbocycles. The fourth-order valence-electron chi connectivity index (χ4n) is 1.82. The molecule has 0 aromatic rings. The highest BCUT2D eigenvalue weighted by atomic mass is 16.5. The second kappa shape index (κ2) is 5.13. The molecule has 84 valence electrons. The van der Waals surface area contributed by atoms with Gasteiger partial charge in [-0.2, -0.15) is 0 Å². The number of hydrogen-bond acceptors (Lipinski definition) is 2. The Morgan fingerprint density at radius 2 is 2.00 bits per heavy atom. The van der Waals surface area contributed by atoms with Gasteiger partial charge < -0.3 is 9.64 Å². The minimum absolute atomic E-state index is 0.365. The van der Waals surface area contributed by atoms with Gasteiger partial charge in [-0.3, -0.25) is 0 Å². The van der Waals surface area contributed by atoms with Crippen molar-refractivity contribution in [3.05, 3.63) is 0 Å². The van der Waals surface area contributed by atoms with Crippen molar-refractivity contribution in [2.24, 2.45) is 5.41 Å². The lowest BCUT2D eigenvalue weighted by Crippen LogP contribution is -2.50. The summed E-state index contributed by atoms with van der Waals surface area (Å²) in [6, 6.07) is 0. The monoisotopic (exact) mass is 199 g/mol. The van der Waals surface area contributed by atoms with Crippen molar-refractivity contribution < 1.29 is 4.74 Å². The number of unbranched alkanes of at least 4 members (excludes halogenated alkanes) is 1. The lowest BCUT2D eigenvalue weighted by Gasteiger charge is -2.38. The van der Waals surface area contributed by atoms with Gasteiger partial charge in [-0.1, -0.05) is 33.6 Å². The number of nitrogens with zero attached hydrogens (tertiary/aromatic N) is 1. The van der Waals surface area contributed by atoms with Gasteiger partial charge in [0, 0.05) is 13.1 Å². The fraction of sp³-hybridized carbons (Fsp3) is 1.00. The molecule has 0 amide bonds. The van der Waals surface area contributed by atoms with Crippen LogP contribution in [0.15, 0.2) is 0 Å². The molecule has 1 fully saturated rings. The first-order chi connectivity index (χ1) is 6.53. The molecule has 0 aromatic heterocycles. The summed E-state index contributed by atoms with van der Waals surface area (Å²) < 4.78 is 5.87. The van der Waals surface area contributed by atoms with Gasteiger partial charge in [-0.15, -0.1) is 0 Å². The summed E-state index contributed by atoms with van der Waals surface area (Å²) in [4.78, 5) is 2.30. The maximum absolute atomic E-state index is 5.87. The second-order valence-corrected chi connectivity index (χ2v) is 5.42. The van der Waals surface area contributed by atoms with Crippen molar-refractivity contribution in [2.45, 2.75) is 46.1 Å². The Morgan fingerprint density at radius 3 is 2.50 bits per heavy atom. The van der Waals surface area contributed by atoms with Crippen LogP contribution in [0.4, 0.5) is 0 Å². The lowest BCUT2D eigenvalue weighted by atomic mass is 9.88. The maximum atomic E-state index is 5.87. The van der Waals surface area contributed by atoms with Crippen molar-refractivity contribution in [1.82, 2.24) is 4.90 Å². The molecule has 2 nitrogen and oxygen atoms in total. The molecule has 1 aliphatic rings. The summed E-state index contributed by atoms with van der Waals surface area (Å²) in [5.41, 5.74) is 0.365. The maximum Gasteiger partial charge on any atom is 0.0828 e. The quantitative estimate of drug-likeness (QED) is 0.652. The first kappa shape index (κ1) is 12.0. The molecule has 0 radical (unpaired) electrons. The van der Waals surface area contributed by atoms with Gasteiger partial charge in [0.25, 0.3) is 0 Å². The van der Waals surface area contributed by atoms with Gasteiger partial charge in [-0.25, -0.2) is 0 Å². The molecule has 1 saturated heterocycles. The van der Waals surface area contributed by atoms with Crippen molar-refractivity contribution >= 4 is 0 Å². The molecule has 2 heteroatoms. The zero-order valence-corrected chi connectivity index (χ0v) is 10.2. The molecule has 0 saturated carbocycles. The third-order valence-electron chi connectivity index (χ3n) is 2.95. The molecule has 1 rings (SSSR count). The molecule has 0 N–H and O–H groups in total. The predicted molar refractivity (Wildman–Crippen MR) is 60.5 cm³/mol. The van der Waals surface area contributed by atoms with E-state index in [9.17, 15) is 0 Å². The van der Waals surface area contributed by atoms with E-state index >= 15 is 0 Å². The van der Waals surface area contributed by atoms with Crippen LogP contribution in [-0.4, -0.2) is 37.7 Å². The van der Waals surface area contributed by atoms with E-state index in [1.807, 2.05) is 0 Å². The van der Waals surface area contributed by atoms with E-state index in [0.29, 0.717) is 11.5 Å². The Hall–Kier alpha value is -0.0800. The van der Waals surface area contributed by atoms with Crippen LogP contribution in [0.5, 0.6) is 0 Å². The van der Waals surface area contributed by atoms with Crippen LogP contribution >= 0.6 is 0 Å². The van der Waals surface area contributed by atoms with Gasteiger partial charge in [0.1, 0.15) is 0 Å². The normalized spacial score (nSPS) is 19.7. The molecule has 1 heterocycles. The van der Waals surface area contributed by atoms with Gasteiger partial charge in [0.15, 0.2) is 0 Å². The Kier molecular flexibility index (Phi) is 4.39. The summed E-state index contributed by atoms with van der Waals surface area (Å²) >= 11 is 0.